The van der Waals surface area contributed by atoms with Crippen LogP contribution >= 0.6 is 0 Å². The minimum absolute atomic E-state index is 0.345. The molecule has 17 heavy (non-hydrogen) atoms. The lowest BCUT2D eigenvalue weighted by molar-refractivity contribution is 0.116. The van der Waals surface area contributed by atoms with E-state index < -0.39 is 0 Å². The summed E-state index contributed by atoms with van der Waals surface area (Å²) < 4.78 is 5.62. The van der Waals surface area contributed by atoms with Gasteiger partial charge in [-0.2, -0.15) is 4.98 Å². The number of ether oxygens (including phenoxy) is 1. The minimum atomic E-state index is 0.345. The Morgan fingerprint density at radius 1 is 1.59 bits per heavy atom. The molecule has 1 saturated heterocycles. The quantitative estimate of drug-likeness (QED) is 0.840. The van der Waals surface area contributed by atoms with Crippen LogP contribution < -0.4 is 10.2 Å². The van der Waals surface area contributed by atoms with Crippen LogP contribution in [0.25, 0.3) is 0 Å². The van der Waals surface area contributed by atoms with Crippen molar-refractivity contribution >= 4 is 11.8 Å². The molecule has 1 unspecified atom stereocenters. The fourth-order valence-corrected chi connectivity index (χ4v) is 1.99. The lowest BCUT2D eigenvalue weighted by Gasteiger charge is -2.21. The normalized spacial score (nSPS) is 19.3. The molecule has 1 fully saturated rings. The van der Waals surface area contributed by atoms with Gasteiger partial charge in [0.05, 0.1) is 6.10 Å². The average molecular weight is 236 g/mol. The van der Waals surface area contributed by atoms with Gasteiger partial charge < -0.3 is 15.0 Å². The number of anilines is 2. The lowest BCUT2D eigenvalue weighted by Crippen LogP contribution is -2.29. The molecule has 1 aromatic heterocycles. The Labute approximate surface area is 102 Å². The molecule has 0 amide bonds. The molecule has 1 N–H and O–H groups in total. The Morgan fingerprint density at radius 3 is 3.18 bits per heavy atom. The van der Waals surface area contributed by atoms with Gasteiger partial charge in [-0.1, -0.05) is 0 Å². The summed E-state index contributed by atoms with van der Waals surface area (Å²) in [5, 5.41) is 3.12. The van der Waals surface area contributed by atoms with Crippen LogP contribution in [-0.4, -0.2) is 42.8 Å². The summed E-state index contributed by atoms with van der Waals surface area (Å²) in [5.41, 5.74) is 0. The summed E-state index contributed by atoms with van der Waals surface area (Å²) in [4.78, 5) is 10.7. The number of likely N-dealkylation sites (N-methyl/N-ethyl adjacent to an activating group) is 1. The first-order valence-electron chi connectivity index (χ1n) is 6.19. The van der Waals surface area contributed by atoms with Crippen molar-refractivity contribution in [1.82, 2.24) is 9.97 Å². The molecule has 0 radical (unpaired) electrons. The lowest BCUT2D eigenvalue weighted by atomic mass is 10.2. The Bertz CT molecular complexity index is 352. The third-order valence-corrected chi connectivity index (χ3v) is 2.87. The standard InChI is InChI=1S/C12H20N4O/c1-3-13-12-14-7-6-11(15-12)16(2)9-10-5-4-8-17-10/h6-7,10H,3-5,8-9H2,1-2H3,(H,13,14,15). The van der Waals surface area contributed by atoms with Gasteiger partial charge >= 0.3 is 0 Å². The van der Waals surface area contributed by atoms with Crippen LogP contribution in [0, 0.1) is 0 Å². The molecule has 0 aliphatic carbocycles. The molecule has 5 nitrogen and oxygen atoms in total. The van der Waals surface area contributed by atoms with Crippen LogP contribution in [0.15, 0.2) is 12.3 Å². The molecule has 2 rings (SSSR count). The van der Waals surface area contributed by atoms with Crippen LogP contribution in [0.3, 0.4) is 0 Å². The van der Waals surface area contributed by atoms with E-state index >= 15 is 0 Å². The maximum atomic E-state index is 5.62. The van der Waals surface area contributed by atoms with Crippen LogP contribution in [0.5, 0.6) is 0 Å². The zero-order valence-electron chi connectivity index (χ0n) is 10.5. The molecule has 1 aliphatic rings. The maximum Gasteiger partial charge on any atom is 0.224 e. The first kappa shape index (κ1) is 12.1. The van der Waals surface area contributed by atoms with Crippen LogP contribution in [0.4, 0.5) is 11.8 Å². The molecule has 94 valence electrons. The molecule has 0 spiro atoms. The van der Waals surface area contributed by atoms with Gasteiger partial charge in [-0.3, -0.25) is 0 Å². The minimum Gasteiger partial charge on any atom is -0.376 e. The van der Waals surface area contributed by atoms with E-state index in [-0.39, 0.29) is 0 Å². The van der Waals surface area contributed by atoms with Gasteiger partial charge in [0.15, 0.2) is 0 Å². The second kappa shape index (κ2) is 5.82. The van der Waals surface area contributed by atoms with Gasteiger partial charge in [-0.25, -0.2) is 4.98 Å². The molecule has 2 heterocycles. The molecule has 1 aliphatic heterocycles. The van der Waals surface area contributed by atoms with Crippen LogP contribution in [0.2, 0.25) is 0 Å². The Hall–Kier alpha value is -1.36. The summed E-state index contributed by atoms with van der Waals surface area (Å²) in [6.07, 6.45) is 4.45. The van der Waals surface area contributed by atoms with E-state index in [1.165, 1.54) is 6.42 Å². The van der Waals surface area contributed by atoms with Crippen LogP contribution in [0.1, 0.15) is 19.8 Å². The van der Waals surface area contributed by atoms with Crippen molar-refractivity contribution in [1.29, 1.82) is 0 Å². The summed E-state index contributed by atoms with van der Waals surface area (Å²) in [6.45, 7) is 4.65. The number of aromatic nitrogens is 2. The van der Waals surface area contributed by atoms with Crippen molar-refractivity contribution in [3.63, 3.8) is 0 Å². The maximum absolute atomic E-state index is 5.62. The van der Waals surface area contributed by atoms with E-state index in [0.29, 0.717) is 12.1 Å². The SMILES string of the molecule is CCNc1nccc(N(C)CC2CCCO2)n1. The highest BCUT2D eigenvalue weighted by Gasteiger charge is 2.18. The van der Waals surface area contributed by atoms with Crippen molar-refractivity contribution in [2.75, 3.05) is 37.0 Å². The van der Waals surface area contributed by atoms with Crippen molar-refractivity contribution in [2.24, 2.45) is 0 Å². The van der Waals surface area contributed by atoms with E-state index in [0.717, 1.165) is 31.9 Å². The van der Waals surface area contributed by atoms with E-state index in [1.54, 1.807) is 6.20 Å². The summed E-state index contributed by atoms with van der Waals surface area (Å²) in [5.74, 6) is 1.62. The highest BCUT2D eigenvalue weighted by atomic mass is 16.5. The average Bonchev–Trinajstić information content (AvgIpc) is 2.83. The first-order valence-corrected chi connectivity index (χ1v) is 6.19. The topological polar surface area (TPSA) is 50.3 Å². The monoisotopic (exact) mass is 236 g/mol. The van der Waals surface area contributed by atoms with Crippen molar-refractivity contribution in [3.05, 3.63) is 12.3 Å². The summed E-state index contributed by atoms with van der Waals surface area (Å²) >= 11 is 0. The fourth-order valence-electron chi connectivity index (χ4n) is 1.99. The van der Waals surface area contributed by atoms with Gasteiger partial charge in [0, 0.05) is 32.9 Å². The molecular formula is C12H20N4O. The largest absolute Gasteiger partial charge is 0.376 e. The summed E-state index contributed by atoms with van der Waals surface area (Å²) in [7, 11) is 2.04. The third kappa shape index (κ3) is 3.30. The number of nitrogens with zero attached hydrogens (tertiary/aromatic N) is 3. The van der Waals surface area contributed by atoms with E-state index in [9.17, 15) is 0 Å². The van der Waals surface area contributed by atoms with Gasteiger partial charge in [0.2, 0.25) is 5.95 Å². The molecule has 0 bridgehead atoms. The first-order chi connectivity index (χ1) is 8.29. The molecule has 5 heteroatoms. The number of hydrogen-bond donors (Lipinski definition) is 1. The molecule has 0 saturated carbocycles. The number of nitrogens with one attached hydrogen (secondary N) is 1. The Balaban J connectivity index is 1.97. The highest BCUT2D eigenvalue weighted by molar-refractivity contribution is 5.41. The predicted octanol–water partition coefficient (Wildman–Crippen LogP) is 1.52. The van der Waals surface area contributed by atoms with Crippen molar-refractivity contribution < 1.29 is 4.74 Å². The van der Waals surface area contributed by atoms with Gasteiger partial charge in [0.1, 0.15) is 5.82 Å². The zero-order valence-corrected chi connectivity index (χ0v) is 10.5. The smallest absolute Gasteiger partial charge is 0.224 e. The van der Waals surface area contributed by atoms with Crippen molar-refractivity contribution in [2.45, 2.75) is 25.9 Å². The van der Waals surface area contributed by atoms with E-state index in [1.807, 2.05) is 20.0 Å². The van der Waals surface area contributed by atoms with Gasteiger partial charge in [-0.05, 0) is 25.8 Å². The second-order valence-corrected chi connectivity index (χ2v) is 4.28. The van der Waals surface area contributed by atoms with Gasteiger partial charge in [0.25, 0.3) is 0 Å². The van der Waals surface area contributed by atoms with Gasteiger partial charge in [-0.15, -0.1) is 0 Å². The Morgan fingerprint density at radius 2 is 2.47 bits per heavy atom. The van der Waals surface area contributed by atoms with Crippen molar-refractivity contribution in [3.8, 4) is 0 Å². The molecule has 1 atom stereocenters. The fraction of sp³-hybridized carbons (Fsp3) is 0.667. The molecule has 1 aromatic rings. The zero-order chi connectivity index (χ0) is 12.1. The second-order valence-electron chi connectivity index (χ2n) is 4.28. The number of rotatable bonds is 5. The highest BCUT2D eigenvalue weighted by Crippen LogP contribution is 2.16. The van der Waals surface area contributed by atoms with E-state index in [2.05, 4.69) is 20.2 Å². The van der Waals surface area contributed by atoms with E-state index in [4.69, 9.17) is 4.74 Å². The van der Waals surface area contributed by atoms with Crippen LogP contribution in [-0.2, 0) is 4.74 Å². The summed E-state index contributed by atoms with van der Waals surface area (Å²) in [6, 6.07) is 1.93. The predicted molar refractivity (Wildman–Crippen MR) is 68.4 cm³/mol. The number of hydrogen-bond acceptors (Lipinski definition) is 5. The Kier molecular flexibility index (Phi) is 4.14. The molecular weight excluding hydrogens is 216 g/mol. The molecule has 0 aromatic carbocycles. The third-order valence-electron chi connectivity index (χ3n) is 2.87.